The van der Waals surface area contributed by atoms with Crippen LogP contribution in [0.2, 0.25) is 0 Å². The maximum absolute atomic E-state index is 12.0. The number of rotatable bonds is 7. The second-order valence-corrected chi connectivity index (χ2v) is 6.37. The van der Waals surface area contributed by atoms with E-state index in [-0.39, 0.29) is 36.0 Å². The van der Waals surface area contributed by atoms with Crippen LogP contribution in [0.4, 0.5) is 0 Å². The van der Waals surface area contributed by atoms with Gasteiger partial charge in [0.05, 0.1) is 12.6 Å². The number of aliphatic imine (C=N–C) groups is 1. The predicted molar refractivity (Wildman–Crippen MR) is 116 cm³/mol. The molecular weight excluding hydrogens is 443 g/mol. The number of aliphatic hydroxyl groups excluding tert-OH is 1. The second-order valence-electron chi connectivity index (χ2n) is 6.37. The molecule has 1 heterocycles. The number of nitrogens with zero attached hydrogens (tertiary/aromatic N) is 2. The fourth-order valence-corrected chi connectivity index (χ4v) is 2.77. The van der Waals surface area contributed by atoms with E-state index in [4.69, 9.17) is 0 Å². The van der Waals surface area contributed by atoms with Gasteiger partial charge in [-0.2, -0.15) is 0 Å². The fraction of sp³-hybridized carbons (Fsp3) is 0.579. The van der Waals surface area contributed by atoms with E-state index in [9.17, 15) is 9.90 Å². The van der Waals surface area contributed by atoms with Crippen molar-refractivity contribution in [2.45, 2.75) is 45.8 Å². The van der Waals surface area contributed by atoms with Gasteiger partial charge in [-0.05, 0) is 37.5 Å². The van der Waals surface area contributed by atoms with E-state index in [0.29, 0.717) is 18.7 Å². The predicted octanol–water partition coefficient (Wildman–Crippen LogP) is 2.37. The molecule has 0 aromatic heterocycles. The molecule has 0 bridgehead atoms. The Bertz CT molecular complexity index is 577. The van der Waals surface area contributed by atoms with E-state index >= 15 is 0 Å². The van der Waals surface area contributed by atoms with Crippen LogP contribution in [0.15, 0.2) is 29.3 Å². The molecule has 0 unspecified atom stereocenters. The SMILES string of the molecule is CCCCNC(=O)c1ccc(CN=C(NCC)N2CC[C@@H](O)C2)cc1.I. The average Bonchev–Trinajstić information content (AvgIpc) is 3.05. The summed E-state index contributed by atoms with van der Waals surface area (Å²) in [5.74, 6) is 0.809. The monoisotopic (exact) mass is 474 g/mol. The minimum atomic E-state index is -0.269. The summed E-state index contributed by atoms with van der Waals surface area (Å²) in [6.45, 7) is 7.65. The average molecular weight is 474 g/mol. The molecule has 1 saturated heterocycles. The van der Waals surface area contributed by atoms with Crippen molar-refractivity contribution in [3.8, 4) is 0 Å². The highest BCUT2D eigenvalue weighted by Crippen LogP contribution is 2.10. The minimum absolute atomic E-state index is 0. The molecule has 26 heavy (non-hydrogen) atoms. The van der Waals surface area contributed by atoms with Gasteiger partial charge in [-0.3, -0.25) is 4.79 Å². The molecule has 7 heteroatoms. The molecule has 0 saturated carbocycles. The molecule has 3 N–H and O–H groups in total. The van der Waals surface area contributed by atoms with Gasteiger partial charge in [-0.15, -0.1) is 24.0 Å². The lowest BCUT2D eigenvalue weighted by Crippen LogP contribution is -2.40. The summed E-state index contributed by atoms with van der Waals surface area (Å²) in [6, 6.07) is 7.58. The summed E-state index contributed by atoms with van der Waals surface area (Å²) in [7, 11) is 0. The molecule has 1 atom stereocenters. The Hall–Kier alpha value is -1.35. The van der Waals surface area contributed by atoms with E-state index in [0.717, 1.165) is 50.4 Å². The van der Waals surface area contributed by atoms with E-state index in [1.165, 1.54) is 0 Å². The fourth-order valence-electron chi connectivity index (χ4n) is 2.77. The van der Waals surface area contributed by atoms with Crippen LogP contribution in [-0.2, 0) is 6.54 Å². The van der Waals surface area contributed by atoms with Crippen LogP contribution in [0.5, 0.6) is 0 Å². The summed E-state index contributed by atoms with van der Waals surface area (Å²) < 4.78 is 0. The molecule has 2 rings (SSSR count). The highest BCUT2D eigenvalue weighted by atomic mass is 127. The summed E-state index contributed by atoms with van der Waals surface area (Å²) >= 11 is 0. The van der Waals surface area contributed by atoms with Crippen molar-refractivity contribution < 1.29 is 9.90 Å². The van der Waals surface area contributed by atoms with Crippen LogP contribution in [-0.4, -0.2) is 54.2 Å². The topological polar surface area (TPSA) is 77.0 Å². The number of hydrogen-bond donors (Lipinski definition) is 3. The van der Waals surface area contributed by atoms with Crippen LogP contribution in [0.3, 0.4) is 0 Å². The van der Waals surface area contributed by atoms with Crippen molar-refractivity contribution in [2.24, 2.45) is 4.99 Å². The third-order valence-corrected chi connectivity index (χ3v) is 4.24. The number of aliphatic hydroxyl groups is 1. The number of unbranched alkanes of at least 4 members (excludes halogenated alkanes) is 1. The standard InChI is InChI=1S/C19H30N4O2.HI/c1-3-5-11-21-18(25)16-8-6-15(7-9-16)13-22-19(20-4-2)23-12-10-17(24)14-23;/h6-9,17,24H,3-5,10-14H2,1-2H3,(H,20,22)(H,21,25);1H/t17-;/m1./s1. The van der Waals surface area contributed by atoms with Gasteiger partial charge in [-0.25, -0.2) is 4.99 Å². The maximum Gasteiger partial charge on any atom is 0.251 e. The van der Waals surface area contributed by atoms with Crippen LogP contribution in [0.25, 0.3) is 0 Å². The molecular formula is C19H31IN4O2. The Balaban J connectivity index is 0.00000338. The van der Waals surface area contributed by atoms with Crippen molar-refractivity contribution >= 4 is 35.8 Å². The molecule has 1 aliphatic heterocycles. The number of guanidine groups is 1. The zero-order valence-electron chi connectivity index (χ0n) is 15.7. The largest absolute Gasteiger partial charge is 0.391 e. The van der Waals surface area contributed by atoms with Crippen molar-refractivity contribution in [3.63, 3.8) is 0 Å². The van der Waals surface area contributed by atoms with Crippen molar-refractivity contribution in [2.75, 3.05) is 26.2 Å². The number of β-amino-alcohol motifs (C(OH)–C–C–N with tert-alkyl or cyclic N) is 1. The molecule has 1 aromatic rings. The lowest BCUT2D eigenvalue weighted by Gasteiger charge is -2.20. The zero-order chi connectivity index (χ0) is 18.1. The molecule has 0 radical (unpaired) electrons. The first kappa shape index (κ1) is 22.7. The van der Waals surface area contributed by atoms with E-state index in [2.05, 4.69) is 27.4 Å². The molecule has 146 valence electrons. The van der Waals surface area contributed by atoms with Crippen LogP contribution in [0, 0.1) is 0 Å². The molecule has 6 nitrogen and oxygen atoms in total. The number of hydrogen-bond acceptors (Lipinski definition) is 3. The first-order valence-corrected chi connectivity index (χ1v) is 9.22. The van der Waals surface area contributed by atoms with Crippen molar-refractivity contribution in [1.29, 1.82) is 0 Å². The Morgan fingerprint density at radius 2 is 2.00 bits per heavy atom. The Morgan fingerprint density at radius 3 is 2.58 bits per heavy atom. The maximum atomic E-state index is 12.0. The first-order chi connectivity index (χ1) is 12.1. The third kappa shape index (κ3) is 7.11. The number of amides is 1. The number of likely N-dealkylation sites (tertiary alicyclic amines) is 1. The number of benzene rings is 1. The quantitative estimate of drug-likeness (QED) is 0.246. The van der Waals surface area contributed by atoms with Gasteiger partial charge >= 0.3 is 0 Å². The zero-order valence-corrected chi connectivity index (χ0v) is 18.0. The third-order valence-electron chi connectivity index (χ3n) is 4.24. The highest BCUT2D eigenvalue weighted by Gasteiger charge is 2.22. The Kier molecular flexibility index (Phi) is 10.6. The molecule has 1 amide bonds. The second kappa shape index (κ2) is 12.1. The summed E-state index contributed by atoms with van der Waals surface area (Å²) in [6.07, 6.45) is 2.58. The summed E-state index contributed by atoms with van der Waals surface area (Å²) in [4.78, 5) is 18.7. The Morgan fingerprint density at radius 1 is 1.27 bits per heavy atom. The van der Waals surface area contributed by atoms with E-state index in [1.807, 2.05) is 31.2 Å². The van der Waals surface area contributed by atoms with Crippen LogP contribution < -0.4 is 10.6 Å². The lowest BCUT2D eigenvalue weighted by atomic mass is 10.1. The number of halogens is 1. The minimum Gasteiger partial charge on any atom is -0.391 e. The van der Waals surface area contributed by atoms with Gasteiger partial charge in [0.2, 0.25) is 0 Å². The Labute approximate surface area is 173 Å². The molecule has 1 aliphatic rings. The van der Waals surface area contributed by atoms with Crippen molar-refractivity contribution in [1.82, 2.24) is 15.5 Å². The number of nitrogens with one attached hydrogen (secondary N) is 2. The molecule has 0 aliphatic carbocycles. The van der Waals surface area contributed by atoms with Gasteiger partial charge in [0, 0.05) is 31.7 Å². The molecule has 1 aromatic carbocycles. The van der Waals surface area contributed by atoms with Gasteiger partial charge in [0.1, 0.15) is 0 Å². The first-order valence-electron chi connectivity index (χ1n) is 9.22. The normalized spacial score (nSPS) is 17.0. The molecule has 0 spiro atoms. The summed E-state index contributed by atoms with van der Waals surface area (Å²) in [5.41, 5.74) is 1.73. The van der Waals surface area contributed by atoms with Gasteiger partial charge in [0.25, 0.3) is 5.91 Å². The van der Waals surface area contributed by atoms with E-state index in [1.54, 1.807) is 0 Å². The highest BCUT2D eigenvalue weighted by molar-refractivity contribution is 14.0. The molecule has 1 fully saturated rings. The van der Waals surface area contributed by atoms with E-state index < -0.39 is 0 Å². The smallest absolute Gasteiger partial charge is 0.251 e. The van der Waals surface area contributed by atoms with Gasteiger partial charge < -0.3 is 20.6 Å². The number of carbonyl (C=O) groups is 1. The van der Waals surface area contributed by atoms with Crippen molar-refractivity contribution in [3.05, 3.63) is 35.4 Å². The summed E-state index contributed by atoms with van der Waals surface area (Å²) in [5, 5.41) is 15.9. The van der Waals surface area contributed by atoms with Crippen LogP contribution >= 0.6 is 24.0 Å². The van der Waals surface area contributed by atoms with Gasteiger partial charge in [-0.1, -0.05) is 25.5 Å². The lowest BCUT2D eigenvalue weighted by molar-refractivity contribution is 0.0953. The van der Waals surface area contributed by atoms with Crippen LogP contribution in [0.1, 0.15) is 49.0 Å². The van der Waals surface area contributed by atoms with Gasteiger partial charge in [0.15, 0.2) is 5.96 Å². The number of carbonyl (C=O) groups excluding carboxylic acids is 1.